The van der Waals surface area contributed by atoms with Crippen LogP contribution >= 0.6 is 0 Å². The maximum absolute atomic E-state index is 14.3. The minimum absolute atomic E-state index is 0.0524. The quantitative estimate of drug-likeness (QED) is 0.197. The highest BCUT2D eigenvalue weighted by atomic mass is 32.2. The van der Waals surface area contributed by atoms with Crippen molar-refractivity contribution in [2.24, 2.45) is 11.7 Å². The molecule has 262 valence electrons. The second-order valence-electron chi connectivity index (χ2n) is 12.9. The number of hydrogen-bond donors (Lipinski definition) is 3. The molecule has 0 saturated heterocycles. The molecule has 3 rings (SSSR count). The smallest absolute Gasteiger partial charge is 0.247 e. The van der Waals surface area contributed by atoms with Gasteiger partial charge in [0.2, 0.25) is 11.8 Å². The maximum atomic E-state index is 14.3. The number of aliphatic hydroxyl groups is 1. The molecule has 0 radical (unpaired) electrons. The molecule has 2 aromatic carbocycles. The lowest BCUT2D eigenvalue weighted by Crippen LogP contribution is -2.60. The number of nitrogens with one attached hydrogen (secondary N) is 1. The number of carbonyl (C=O) groups is 2. The van der Waals surface area contributed by atoms with E-state index in [0.29, 0.717) is 45.1 Å². The van der Waals surface area contributed by atoms with E-state index in [-0.39, 0.29) is 18.5 Å². The molecule has 3 atom stereocenters. The van der Waals surface area contributed by atoms with Crippen LogP contribution in [-0.2, 0) is 38.8 Å². The number of aliphatic hydroxyl groups excluding tert-OH is 1. The Morgan fingerprint density at radius 3 is 2.17 bits per heavy atom. The molecule has 1 unspecified atom stereocenters. The molecule has 1 saturated carbocycles. The molecule has 0 spiro atoms. The largest absolute Gasteiger partial charge is 0.390 e. The van der Waals surface area contributed by atoms with Crippen LogP contribution in [0.15, 0.2) is 42.5 Å². The second-order valence-corrected chi connectivity index (χ2v) is 15.3. The Balaban J connectivity index is 1.98. The Kier molecular flexibility index (Phi) is 15.4. The molecule has 0 aromatic heterocycles. The number of sulfone groups is 1. The number of imide groups is 1. The number of aryl methyl sites for hydroxylation is 1. The number of rotatable bonds is 18. The zero-order chi connectivity index (χ0) is 34.6. The van der Waals surface area contributed by atoms with Crippen LogP contribution in [0, 0.1) is 17.6 Å². The second kappa shape index (κ2) is 18.7. The highest BCUT2D eigenvalue weighted by molar-refractivity contribution is 7.92. The Morgan fingerprint density at radius 1 is 0.957 bits per heavy atom. The zero-order valence-corrected chi connectivity index (χ0v) is 28.9. The summed E-state index contributed by atoms with van der Waals surface area (Å²) in [7, 11) is -3.80. The van der Waals surface area contributed by atoms with Gasteiger partial charge in [-0.2, -0.15) is 0 Å². The van der Waals surface area contributed by atoms with Crippen LogP contribution in [0.3, 0.4) is 0 Å². The van der Waals surface area contributed by atoms with E-state index in [0.717, 1.165) is 59.9 Å². The average molecular weight is 678 g/mol. The summed E-state index contributed by atoms with van der Waals surface area (Å²) in [5.74, 6) is -4.29. The lowest BCUT2D eigenvalue weighted by Gasteiger charge is -2.38. The van der Waals surface area contributed by atoms with Gasteiger partial charge in [-0.3, -0.25) is 14.5 Å². The van der Waals surface area contributed by atoms with Crippen LogP contribution in [-0.4, -0.2) is 66.0 Å². The molecular formula is C36H53F2N3O5S. The Labute approximate surface area is 279 Å². The van der Waals surface area contributed by atoms with Crippen LogP contribution in [0.1, 0.15) is 95.2 Å². The van der Waals surface area contributed by atoms with Gasteiger partial charge in [0, 0.05) is 25.1 Å². The lowest BCUT2D eigenvalue weighted by atomic mass is 9.87. The summed E-state index contributed by atoms with van der Waals surface area (Å²) in [5, 5.41) is 14.2. The van der Waals surface area contributed by atoms with Gasteiger partial charge in [0.05, 0.1) is 29.2 Å². The molecule has 0 bridgehead atoms. The molecule has 2 aromatic rings. The monoisotopic (exact) mass is 677 g/mol. The van der Waals surface area contributed by atoms with Crippen molar-refractivity contribution >= 4 is 21.7 Å². The van der Waals surface area contributed by atoms with Crippen LogP contribution in [0.2, 0.25) is 0 Å². The maximum Gasteiger partial charge on any atom is 0.247 e. The van der Waals surface area contributed by atoms with E-state index in [4.69, 9.17) is 5.73 Å². The number of amides is 2. The molecule has 0 heterocycles. The third kappa shape index (κ3) is 11.4. The Bertz CT molecular complexity index is 1390. The van der Waals surface area contributed by atoms with Crippen molar-refractivity contribution in [3.8, 4) is 0 Å². The van der Waals surface area contributed by atoms with E-state index >= 15 is 0 Å². The van der Waals surface area contributed by atoms with Crippen molar-refractivity contribution in [3.63, 3.8) is 0 Å². The van der Waals surface area contributed by atoms with Crippen molar-refractivity contribution in [1.29, 1.82) is 0 Å². The number of hydrogen-bond acceptors (Lipinski definition) is 7. The van der Waals surface area contributed by atoms with E-state index in [1.165, 1.54) is 0 Å². The highest BCUT2D eigenvalue weighted by Gasteiger charge is 2.41. The Morgan fingerprint density at radius 2 is 1.57 bits per heavy atom. The molecule has 47 heavy (non-hydrogen) atoms. The summed E-state index contributed by atoms with van der Waals surface area (Å²) in [4.78, 5) is 29.3. The van der Waals surface area contributed by atoms with Gasteiger partial charge < -0.3 is 16.2 Å². The molecular weight excluding hydrogens is 624 g/mol. The fraction of sp³-hybridized carbons (Fsp3) is 0.611. The molecule has 4 N–H and O–H groups in total. The third-order valence-electron chi connectivity index (χ3n) is 9.11. The van der Waals surface area contributed by atoms with Crippen molar-refractivity contribution in [1.82, 2.24) is 10.2 Å². The first kappa shape index (κ1) is 38.7. The standard InChI is InChI=1S/C36H53F2N3O5S/c1-4-11-31(12-5-2)47(45,46)24-32(39)36(44)41(35(43)28-15-8-7-9-16-28)33(20-27-18-29(37)21-30(38)19-27)34(42)23-40-22-26-14-10-13-25(6-3)17-26/h10,13-14,17-19,21,28,31-34,40,42H,4-9,11-12,15-16,20,22-24,39H2,1-3H3/t32?,33-,34+/m0/s1. The van der Waals surface area contributed by atoms with Crippen LogP contribution in [0.25, 0.3) is 0 Å². The lowest BCUT2D eigenvalue weighted by molar-refractivity contribution is -0.154. The van der Waals surface area contributed by atoms with E-state index in [9.17, 15) is 31.9 Å². The molecule has 1 fully saturated rings. The van der Waals surface area contributed by atoms with Gasteiger partial charge >= 0.3 is 0 Å². The molecule has 1 aliphatic carbocycles. The number of nitrogens with zero attached hydrogens (tertiary/aromatic N) is 1. The summed E-state index contributed by atoms with van der Waals surface area (Å²) in [6, 6.07) is 8.05. The fourth-order valence-corrected chi connectivity index (χ4v) is 8.70. The molecule has 8 nitrogen and oxygen atoms in total. The molecule has 2 amide bonds. The summed E-state index contributed by atoms with van der Waals surface area (Å²) in [6.07, 6.45) is 5.00. The summed E-state index contributed by atoms with van der Waals surface area (Å²) in [6.45, 7) is 6.18. The van der Waals surface area contributed by atoms with Gasteiger partial charge in [-0.1, -0.05) is 77.1 Å². The molecule has 1 aliphatic rings. The SMILES string of the molecule is CCCC(CCC)S(=O)(=O)CC(N)C(=O)N(C(=O)C1CCCCC1)[C@@H](Cc1cc(F)cc(F)c1)[C@H](O)CNCc1cccc(CC)c1. The third-order valence-corrected chi connectivity index (χ3v) is 11.4. The van der Waals surface area contributed by atoms with Gasteiger partial charge in [0.25, 0.3) is 0 Å². The van der Waals surface area contributed by atoms with Crippen molar-refractivity contribution in [2.45, 2.75) is 121 Å². The van der Waals surface area contributed by atoms with E-state index in [1.54, 1.807) is 0 Å². The normalized spacial score (nSPS) is 16.2. The van der Waals surface area contributed by atoms with Gasteiger partial charge in [0.15, 0.2) is 9.84 Å². The van der Waals surface area contributed by atoms with E-state index in [2.05, 4.69) is 12.2 Å². The van der Waals surface area contributed by atoms with Gasteiger partial charge in [-0.05, 0) is 67.3 Å². The molecule has 0 aliphatic heterocycles. The molecule has 11 heteroatoms. The van der Waals surface area contributed by atoms with Crippen LogP contribution in [0.4, 0.5) is 8.78 Å². The average Bonchev–Trinajstić information content (AvgIpc) is 3.04. The number of carbonyl (C=O) groups excluding carboxylic acids is 2. The van der Waals surface area contributed by atoms with Crippen molar-refractivity contribution < 1.29 is 31.9 Å². The predicted octanol–water partition coefficient (Wildman–Crippen LogP) is 5.24. The van der Waals surface area contributed by atoms with Gasteiger partial charge in [-0.15, -0.1) is 0 Å². The Hall–Kier alpha value is -2.73. The van der Waals surface area contributed by atoms with Crippen LogP contribution < -0.4 is 11.1 Å². The highest BCUT2D eigenvalue weighted by Crippen LogP contribution is 2.28. The predicted molar refractivity (Wildman–Crippen MR) is 181 cm³/mol. The first-order valence-electron chi connectivity index (χ1n) is 17.2. The first-order chi connectivity index (χ1) is 22.4. The summed E-state index contributed by atoms with van der Waals surface area (Å²) < 4.78 is 55.5. The van der Waals surface area contributed by atoms with Gasteiger partial charge in [0.1, 0.15) is 11.6 Å². The van der Waals surface area contributed by atoms with E-state index in [1.807, 2.05) is 38.1 Å². The fourth-order valence-electron chi connectivity index (χ4n) is 6.60. The van der Waals surface area contributed by atoms with Crippen LogP contribution in [0.5, 0.6) is 0 Å². The minimum atomic E-state index is -3.80. The zero-order valence-electron chi connectivity index (χ0n) is 28.1. The van der Waals surface area contributed by atoms with Crippen molar-refractivity contribution in [3.05, 3.63) is 70.8 Å². The summed E-state index contributed by atoms with van der Waals surface area (Å²) in [5.41, 5.74) is 8.61. The van der Waals surface area contributed by atoms with E-state index < -0.39 is 68.4 Å². The minimum Gasteiger partial charge on any atom is -0.390 e. The van der Waals surface area contributed by atoms with Crippen molar-refractivity contribution in [2.75, 3.05) is 12.3 Å². The summed E-state index contributed by atoms with van der Waals surface area (Å²) >= 11 is 0. The van der Waals surface area contributed by atoms with Gasteiger partial charge in [-0.25, -0.2) is 17.2 Å². The number of nitrogens with two attached hydrogens (primary N) is 1. The topological polar surface area (TPSA) is 130 Å². The number of halogens is 2. The first-order valence-corrected chi connectivity index (χ1v) is 18.9. The number of benzene rings is 2.